The number of rotatable bonds is 4. The Morgan fingerprint density at radius 2 is 2.24 bits per heavy atom. The van der Waals surface area contributed by atoms with E-state index < -0.39 is 10.8 Å². The molecule has 1 aromatic carbocycles. The van der Waals surface area contributed by atoms with E-state index in [0.717, 1.165) is 0 Å². The van der Waals surface area contributed by atoms with E-state index in [4.69, 9.17) is 11.6 Å². The topological polar surface area (TPSA) is 90.1 Å². The molecule has 0 saturated heterocycles. The number of carbonyl (C=O) groups excluding carboxylic acids is 1. The summed E-state index contributed by atoms with van der Waals surface area (Å²) in [5.74, 6) is -0.406. The molecule has 0 unspecified atom stereocenters. The fraction of sp³-hybridized carbons (Fsp3) is 0.231. The lowest BCUT2D eigenvalue weighted by Crippen LogP contribution is -2.18. The third-order valence-corrected chi connectivity index (χ3v) is 3.26. The van der Waals surface area contributed by atoms with Crippen molar-refractivity contribution >= 4 is 28.9 Å². The van der Waals surface area contributed by atoms with Crippen LogP contribution in [0.25, 0.3) is 0 Å². The van der Waals surface area contributed by atoms with E-state index in [1.54, 1.807) is 6.92 Å². The summed E-state index contributed by atoms with van der Waals surface area (Å²) >= 11 is 5.96. The van der Waals surface area contributed by atoms with Crippen molar-refractivity contribution < 1.29 is 9.72 Å². The number of hydrogen-bond acceptors (Lipinski definition) is 4. The first-order valence-electron chi connectivity index (χ1n) is 6.21. The van der Waals surface area contributed by atoms with Gasteiger partial charge in [0.1, 0.15) is 5.69 Å². The molecule has 1 heterocycles. The van der Waals surface area contributed by atoms with Gasteiger partial charge in [-0.1, -0.05) is 11.6 Å². The third kappa shape index (κ3) is 3.03. The van der Waals surface area contributed by atoms with E-state index >= 15 is 0 Å². The van der Waals surface area contributed by atoms with Gasteiger partial charge in [0.2, 0.25) is 0 Å². The highest BCUT2D eigenvalue weighted by Crippen LogP contribution is 2.23. The van der Waals surface area contributed by atoms with E-state index in [2.05, 4.69) is 10.4 Å². The largest absolute Gasteiger partial charge is 0.320 e. The zero-order chi connectivity index (χ0) is 15.6. The lowest BCUT2D eigenvalue weighted by Gasteiger charge is -2.09. The van der Waals surface area contributed by atoms with Crippen molar-refractivity contribution in [2.45, 2.75) is 20.4 Å². The number of anilines is 1. The van der Waals surface area contributed by atoms with Crippen molar-refractivity contribution in [1.82, 2.24) is 9.78 Å². The second kappa shape index (κ2) is 5.92. The number of benzene rings is 1. The van der Waals surface area contributed by atoms with Crippen LogP contribution in [-0.4, -0.2) is 20.6 Å². The number of nitrogens with one attached hydrogen (secondary N) is 1. The van der Waals surface area contributed by atoms with Crippen LogP contribution < -0.4 is 5.32 Å². The van der Waals surface area contributed by atoms with Gasteiger partial charge in [-0.05, 0) is 25.5 Å². The van der Waals surface area contributed by atoms with E-state index in [0.29, 0.717) is 17.8 Å². The lowest BCUT2D eigenvalue weighted by atomic mass is 10.1. The highest BCUT2D eigenvalue weighted by molar-refractivity contribution is 6.34. The summed E-state index contributed by atoms with van der Waals surface area (Å²) in [7, 11) is 0. The minimum absolute atomic E-state index is 0.0258. The number of carbonyl (C=O) groups is 1. The van der Waals surface area contributed by atoms with Gasteiger partial charge >= 0.3 is 0 Å². The average Bonchev–Trinajstić information content (AvgIpc) is 2.81. The number of nitro groups is 1. The Hall–Kier alpha value is -2.41. The van der Waals surface area contributed by atoms with Crippen LogP contribution in [0.5, 0.6) is 0 Å². The van der Waals surface area contributed by atoms with Crippen molar-refractivity contribution in [2.24, 2.45) is 0 Å². The molecule has 0 atom stereocenters. The summed E-state index contributed by atoms with van der Waals surface area (Å²) in [5, 5.41) is 17.6. The number of halogens is 1. The van der Waals surface area contributed by atoms with Crippen molar-refractivity contribution in [1.29, 1.82) is 0 Å². The van der Waals surface area contributed by atoms with Crippen molar-refractivity contribution in [3.05, 3.63) is 50.8 Å². The smallest absolute Gasteiger partial charge is 0.275 e. The quantitative estimate of drug-likeness (QED) is 0.694. The minimum Gasteiger partial charge on any atom is -0.320 e. The molecule has 1 N–H and O–H groups in total. The summed E-state index contributed by atoms with van der Waals surface area (Å²) in [5.41, 5.74) is 1.32. The molecule has 0 bridgehead atoms. The van der Waals surface area contributed by atoms with Gasteiger partial charge in [0.05, 0.1) is 16.1 Å². The Balaban J connectivity index is 2.28. The maximum absolute atomic E-state index is 12.3. The Labute approximate surface area is 125 Å². The molecule has 0 radical (unpaired) electrons. The van der Waals surface area contributed by atoms with Gasteiger partial charge in [-0.3, -0.25) is 19.6 Å². The maximum atomic E-state index is 12.3. The molecular weight excluding hydrogens is 296 g/mol. The van der Waals surface area contributed by atoms with Crippen LogP contribution in [0.1, 0.15) is 23.0 Å². The summed E-state index contributed by atoms with van der Waals surface area (Å²) in [6, 6.07) is 4.22. The van der Waals surface area contributed by atoms with Crippen molar-refractivity contribution in [2.75, 3.05) is 5.32 Å². The molecule has 0 spiro atoms. The molecule has 0 fully saturated rings. The van der Waals surface area contributed by atoms with Crippen molar-refractivity contribution in [3.63, 3.8) is 0 Å². The van der Waals surface area contributed by atoms with E-state index in [1.165, 1.54) is 29.1 Å². The predicted octanol–water partition coefficient (Wildman–Crippen LogP) is 3.03. The molecule has 110 valence electrons. The molecule has 0 aliphatic heterocycles. The van der Waals surface area contributed by atoms with E-state index in [9.17, 15) is 14.9 Å². The number of nitrogens with zero attached hydrogens (tertiary/aromatic N) is 3. The summed E-state index contributed by atoms with van der Waals surface area (Å²) in [4.78, 5) is 22.5. The normalized spacial score (nSPS) is 10.4. The predicted molar refractivity (Wildman–Crippen MR) is 78.7 cm³/mol. The fourth-order valence-electron chi connectivity index (χ4n) is 1.91. The number of non-ortho nitro benzene ring substituents is 1. The number of aryl methyl sites for hydroxylation is 2. The fourth-order valence-corrected chi connectivity index (χ4v) is 2.14. The Morgan fingerprint density at radius 3 is 2.81 bits per heavy atom. The monoisotopic (exact) mass is 308 g/mol. The Bertz CT molecular complexity index is 711. The lowest BCUT2D eigenvalue weighted by molar-refractivity contribution is -0.384. The first-order valence-corrected chi connectivity index (χ1v) is 6.59. The highest BCUT2D eigenvalue weighted by Gasteiger charge is 2.18. The molecular formula is C13H13ClN4O3. The van der Waals surface area contributed by atoms with Crippen molar-refractivity contribution in [3.8, 4) is 0 Å². The zero-order valence-corrected chi connectivity index (χ0v) is 12.2. The third-order valence-electron chi connectivity index (χ3n) is 2.98. The first kappa shape index (κ1) is 15.0. The van der Waals surface area contributed by atoms with Crippen LogP contribution in [0, 0.1) is 17.0 Å². The number of nitro benzene ring substituents is 1. The van der Waals surface area contributed by atoms with Crippen LogP contribution in [0.2, 0.25) is 5.02 Å². The van der Waals surface area contributed by atoms with E-state index in [-0.39, 0.29) is 16.4 Å². The maximum Gasteiger partial charge on any atom is 0.275 e. The zero-order valence-electron chi connectivity index (χ0n) is 11.5. The van der Waals surface area contributed by atoms with Crippen LogP contribution in [0.3, 0.4) is 0 Å². The number of hydrogen-bond donors (Lipinski definition) is 1. The van der Waals surface area contributed by atoms with Gasteiger partial charge < -0.3 is 5.32 Å². The second-order valence-corrected chi connectivity index (χ2v) is 4.77. The Kier molecular flexibility index (Phi) is 4.23. The molecule has 21 heavy (non-hydrogen) atoms. The number of amides is 1. The van der Waals surface area contributed by atoms with Crippen LogP contribution in [-0.2, 0) is 6.54 Å². The summed E-state index contributed by atoms with van der Waals surface area (Å²) in [6.07, 6.45) is 1.41. The van der Waals surface area contributed by atoms with E-state index in [1.807, 2.05) is 6.92 Å². The van der Waals surface area contributed by atoms with Gasteiger partial charge in [0, 0.05) is 24.4 Å². The summed E-state index contributed by atoms with van der Waals surface area (Å²) in [6.45, 7) is 4.04. The first-order chi connectivity index (χ1) is 9.93. The average molecular weight is 309 g/mol. The van der Waals surface area contributed by atoms with Gasteiger partial charge in [0.15, 0.2) is 0 Å². The Morgan fingerprint density at radius 1 is 1.52 bits per heavy atom. The minimum atomic E-state index is -0.484. The molecule has 0 aliphatic rings. The van der Waals surface area contributed by atoms with Crippen LogP contribution >= 0.6 is 11.6 Å². The second-order valence-electron chi connectivity index (χ2n) is 4.37. The molecule has 2 rings (SSSR count). The standard InChI is InChI=1S/C13H13ClN4O3/c1-3-17-12(10(14)7-15-17)13(19)16-11-5-4-9(18(20)21)6-8(11)2/h4-7H,3H2,1-2H3,(H,16,19). The molecule has 1 amide bonds. The summed E-state index contributed by atoms with van der Waals surface area (Å²) < 4.78 is 1.48. The van der Waals surface area contributed by atoms with Gasteiger partial charge in [0.25, 0.3) is 11.6 Å². The molecule has 2 aromatic rings. The van der Waals surface area contributed by atoms with Gasteiger partial charge in [-0.2, -0.15) is 5.10 Å². The molecule has 8 heteroatoms. The SMILES string of the molecule is CCn1ncc(Cl)c1C(=O)Nc1ccc([N+](=O)[O-])cc1C. The highest BCUT2D eigenvalue weighted by atomic mass is 35.5. The van der Waals surface area contributed by atoms with Gasteiger partial charge in [-0.25, -0.2) is 0 Å². The molecule has 0 saturated carbocycles. The molecule has 7 nitrogen and oxygen atoms in total. The molecule has 1 aromatic heterocycles. The van der Waals surface area contributed by atoms with Crippen LogP contribution in [0.15, 0.2) is 24.4 Å². The van der Waals surface area contributed by atoms with Crippen LogP contribution in [0.4, 0.5) is 11.4 Å². The number of aromatic nitrogens is 2. The van der Waals surface area contributed by atoms with Gasteiger partial charge in [-0.15, -0.1) is 0 Å². The molecule has 0 aliphatic carbocycles.